The molecule has 0 amide bonds. The van der Waals surface area contributed by atoms with Crippen LogP contribution in [0.25, 0.3) is 11.0 Å². The smallest absolute Gasteiger partial charge is 0.345 e. The normalized spacial score (nSPS) is 21.6. The fourth-order valence-electron chi connectivity index (χ4n) is 4.61. The van der Waals surface area contributed by atoms with E-state index in [2.05, 4.69) is 37.0 Å². The molecule has 1 saturated carbocycles. The second-order valence-corrected chi connectivity index (χ2v) is 8.45. The van der Waals surface area contributed by atoms with Crippen LogP contribution in [0.4, 0.5) is 10.1 Å². The minimum atomic E-state index is -0.508. The third-order valence-corrected chi connectivity index (χ3v) is 6.32. The second kappa shape index (κ2) is 9.20. The molecule has 32 heavy (non-hydrogen) atoms. The number of nitrogens with one attached hydrogen (secondary N) is 1. The second-order valence-electron chi connectivity index (χ2n) is 8.45. The molecular formula is C23H26FN5O3. The number of hydrogen-bond acceptors (Lipinski definition) is 7. The van der Waals surface area contributed by atoms with Gasteiger partial charge in [0.15, 0.2) is 5.82 Å². The van der Waals surface area contributed by atoms with Crippen molar-refractivity contribution in [2.24, 2.45) is 5.92 Å². The topological polar surface area (TPSA) is 93.2 Å². The monoisotopic (exact) mass is 439 g/mol. The van der Waals surface area contributed by atoms with Crippen molar-refractivity contribution in [1.29, 1.82) is 0 Å². The summed E-state index contributed by atoms with van der Waals surface area (Å²) >= 11 is 0. The van der Waals surface area contributed by atoms with Crippen molar-refractivity contribution in [3.8, 4) is 5.75 Å². The van der Waals surface area contributed by atoms with Crippen LogP contribution in [0.5, 0.6) is 5.75 Å². The molecule has 2 fully saturated rings. The Kier molecular flexibility index (Phi) is 5.98. The Hall–Kier alpha value is -3.07. The van der Waals surface area contributed by atoms with E-state index >= 15 is 0 Å². The highest BCUT2D eigenvalue weighted by molar-refractivity contribution is 5.85. The van der Waals surface area contributed by atoms with Gasteiger partial charge in [0.25, 0.3) is 0 Å². The molecular weight excluding hydrogens is 413 g/mol. The van der Waals surface area contributed by atoms with Gasteiger partial charge >= 0.3 is 5.69 Å². The van der Waals surface area contributed by atoms with Gasteiger partial charge in [0.1, 0.15) is 11.3 Å². The van der Waals surface area contributed by atoms with Gasteiger partial charge in [-0.15, -0.1) is 0 Å². The van der Waals surface area contributed by atoms with Gasteiger partial charge < -0.3 is 19.4 Å². The molecule has 2 aromatic heterocycles. The van der Waals surface area contributed by atoms with Crippen LogP contribution >= 0.6 is 0 Å². The van der Waals surface area contributed by atoms with Crippen molar-refractivity contribution in [1.82, 2.24) is 19.9 Å². The van der Waals surface area contributed by atoms with Crippen molar-refractivity contribution in [3.05, 3.63) is 52.7 Å². The number of aromatic nitrogens is 4. The molecule has 1 aliphatic carbocycles. The fraction of sp³-hybridized carbons (Fsp3) is 0.478. The van der Waals surface area contributed by atoms with E-state index < -0.39 is 11.5 Å². The van der Waals surface area contributed by atoms with Crippen molar-refractivity contribution in [2.75, 3.05) is 31.2 Å². The zero-order valence-corrected chi connectivity index (χ0v) is 17.8. The quantitative estimate of drug-likeness (QED) is 0.653. The number of hydrogen-bond donors (Lipinski definition) is 1. The van der Waals surface area contributed by atoms with Gasteiger partial charge in [-0.1, -0.05) is 0 Å². The summed E-state index contributed by atoms with van der Waals surface area (Å²) in [5.41, 5.74) is 2.49. The number of H-pyrrole nitrogens is 1. The van der Waals surface area contributed by atoms with Crippen LogP contribution in [0.1, 0.15) is 31.4 Å². The van der Waals surface area contributed by atoms with Crippen LogP contribution in [-0.4, -0.2) is 52.3 Å². The standard InChI is InChI=1S/C23H26FN5O3/c24-18-14-27-23(30)28-19(18)11-15-1-3-17(4-2-15)32-21-13-16(29-7-9-31-10-8-29)12-20-22(21)26-6-5-25-20/h5-6,12-15,17H,1-4,7-11H2,(H,27,28,30). The highest BCUT2D eigenvalue weighted by Crippen LogP contribution is 2.34. The van der Waals surface area contributed by atoms with Gasteiger partial charge in [0, 0.05) is 37.2 Å². The minimum absolute atomic E-state index is 0.0673. The maximum absolute atomic E-state index is 13.9. The molecule has 0 unspecified atom stereocenters. The number of aromatic amines is 1. The molecule has 3 aromatic rings. The maximum Gasteiger partial charge on any atom is 0.345 e. The summed E-state index contributed by atoms with van der Waals surface area (Å²) in [5.74, 6) is 0.608. The lowest BCUT2D eigenvalue weighted by atomic mass is 9.84. The van der Waals surface area contributed by atoms with Crippen LogP contribution in [0.2, 0.25) is 0 Å². The summed E-state index contributed by atoms with van der Waals surface area (Å²) in [6.07, 6.45) is 8.50. The molecule has 1 N–H and O–H groups in total. The summed E-state index contributed by atoms with van der Waals surface area (Å²) < 4.78 is 25.9. The van der Waals surface area contributed by atoms with Gasteiger partial charge in [0.05, 0.1) is 36.7 Å². The van der Waals surface area contributed by atoms with Crippen LogP contribution < -0.4 is 15.3 Å². The Morgan fingerprint density at radius 3 is 2.69 bits per heavy atom. The summed E-state index contributed by atoms with van der Waals surface area (Å²) in [6.45, 7) is 3.10. The van der Waals surface area contributed by atoms with E-state index in [-0.39, 0.29) is 6.10 Å². The SMILES string of the molecule is O=c1ncc(F)c(CC2CCC(Oc3cc(N4CCOCC4)cc4nccnc34)CC2)[nH]1. The molecule has 2 aliphatic rings. The molecule has 168 valence electrons. The summed E-state index contributed by atoms with van der Waals surface area (Å²) in [6, 6.07) is 4.12. The molecule has 3 heterocycles. The van der Waals surface area contributed by atoms with Crippen LogP contribution in [0.15, 0.2) is 35.5 Å². The van der Waals surface area contributed by atoms with Crippen molar-refractivity contribution < 1.29 is 13.9 Å². The predicted octanol–water partition coefficient (Wildman–Crippen LogP) is 2.87. The van der Waals surface area contributed by atoms with E-state index in [4.69, 9.17) is 9.47 Å². The van der Waals surface area contributed by atoms with Gasteiger partial charge in [0.2, 0.25) is 0 Å². The van der Waals surface area contributed by atoms with Crippen LogP contribution in [0.3, 0.4) is 0 Å². The molecule has 1 saturated heterocycles. The highest BCUT2D eigenvalue weighted by atomic mass is 19.1. The molecule has 1 aliphatic heterocycles. The Morgan fingerprint density at radius 2 is 1.88 bits per heavy atom. The first-order valence-electron chi connectivity index (χ1n) is 11.1. The van der Waals surface area contributed by atoms with E-state index in [0.29, 0.717) is 31.2 Å². The van der Waals surface area contributed by atoms with Gasteiger partial charge in [-0.2, -0.15) is 4.98 Å². The number of benzene rings is 1. The Bertz CT molecular complexity index is 1140. The third kappa shape index (κ3) is 4.57. The molecule has 8 nitrogen and oxygen atoms in total. The van der Waals surface area contributed by atoms with Gasteiger partial charge in [-0.3, -0.25) is 4.98 Å². The average Bonchev–Trinajstić information content (AvgIpc) is 2.83. The first-order valence-corrected chi connectivity index (χ1v) is 11.1. The molecule has 1 aromatic carbocycles. The predicted molar refractivity (Wildman–Crippen MR) is 117 cm³/mol. The van der Waals surface area contributed by atoms with E-state index in [9.17, 15) is 9.18 Å². The first-order chi connectivity index (χ1) is 15.7. The molecule has 0 bridgehead atoms. The minimum Gasteiger partial charge on any atom is -0.488 e. The van der Waals surface area contributed by atoms with Gasteiger partial charge in [-0.05, 0) is 44.1 Å². The zero-order chi connectivity index (χ0) is 21.9. The molecule has 5 rings (SSSR count). The zero-order valence-electron chi connectivity index (χ0n) is 17.8. The lowest BCUT2D eigenvalue weighted by molar-refractivity contribution is 0.122. The van der Waals surface area contributed by atoms with E-state index in [1.54, 1.807) is 12.4 Å². The lowest BCUT2D eigenvalue weighted by Gasteiger charge is -2.31. The van der Waals surface area contributed by atoms with E-state index in [0.717, 1.165) is 67.4 Å². The van der Waals surface area contributed by atoms with E-state index in [1.165, 1.54) is 0 Å². The van der Waals surface area contributed by atoms with Crippen molar-refractivity contribution in [3.63, 3.8) is 0 Å². The number of halogens is 1. The summed E-state index contributed by atoms with van der Waals surface area (Å²) in [4.78, 5) is 28.7. The maximum atomic E-state index is 13.9. The average molecular weight is 439 g/mol. The summed E-state index contributed by atoms with van der Waals surface area (Å²) in [5, 5.41) is 0. The van der Waals surface area contributed by atoms with E-state index in [1.807, 2.05) is 0 Å². The van der Waals surface area contributed by atoms with Gasteiger partial charge in [-0.25, -0.2) is 14.2 Å². The Morgan fingerprint density at radius 1 is 1.09 bits per heavy atom. The number of nitrogens with zero attached hydrogens (tertiary/aromatic N) is 4. The summed E-state index contributed by atoms with van der Waals surface area (Å²) in [7, 11) is 0. The number of rotatable bonds is 5. The number of ether oxygens (including phenoxy) is 2. The van der Waals surface area contributed by atoms with Crippen molar-refractivity contribution in [2.45, 2.75) is 38.2 Å². The highest BCUT2D eigenvalue weighted by Gasteiger charge is 2.25. The Balaban J connectivity index is 1.28. The molecule has 9 heteroatoms. The van der Waals surface area contributed by atoms with Crippen LogP contribution in [-0.2, 0) is 11.2 Å². The molecule has 0 atom stereocenters. The largest absolute Gasteiger partial charge is 0.488 e. The lowest BCUT2D eigenvalue weighted by Crippen LogP contribution is -2.36. The Labute approximate surface area is 184 Å². The van der Waals surface area contributed by atoms with Crippen LogP contribution in [0, 0.1) is 11.7 Å². The molecule has 0 radical (unpaired) electrons. The first kappa shape index (κ1) is 20.8. The molecule has 0 spiro atoms. The fourth-order valence-corrected chi connectivity index (χ4v) is 4.61. The number of morpholine rings is 1. The number of fused-ring (bicyclic) bond motifs is 1. The number of anilines is 1. The third-order valence-electron chi connectivity index (χ3n) is 6.32. The van der Waals surface area contributed by atoms with Crippen molar-refractivity contribution >= 4 is 16.7 Å².